The highest BCUT2D eigenvalue weighted by Crippen LogP contribution is 2.24. The monoisotopic (exact) mass is 456 g/mol. The number of hydrogen-bond acceptors (Lipinski definition) is 6. The maximum atomic E-state index is 13.4. The lowest BCUT2D eigenvalue weighted by molar-refractivity contribution is -0.119. The molecule has 0 radical (unpaired) electrons. The largest absolute Gasteiger partial charge is 0.474 e. The predicted molar refractivity (Wildman–Crippen MR) is 116 cm³/mol. The van der Waals surface area contributed by atoms with E-state index >= 15 is 0 Å². The lowest BCUT2D eigenvalue weighted by Crippen LogP contribution is -2.41. The van der Waals surface area contributed by atoms with Crippen LogP contribution in [0, 0.1) is 5.82 Å². The van der Waals surface area contributed by atoms with E-state index in [1.165, 1.54) is 30.0 Å². The van der Waals surface area contributed by atoms with Gasteiger partial charge in [0.15, 0.2) is 0 Å². The topological polar surface area (TPSA) is 101 Å². The molecule has 0 unspecified atom stereocenters. The third kappa shape index (κ3) is 5.57. The van der Waals surface area contributed by atoms with Crippen molar-refractivity contribution in [1.29, 1.82) is 0 Å². The summed E-state index contributed by atoms with van der Waals surface area (Å²) < 4.78 is 24.6. The van der Waals surface area contributed by atoms with E-state index in [0.29, 0.717) is 49.6 Å². The molecule has 1 N–H and O–H groups in total. The molecule has 2 aromatic rings. The number of likely N-dealkylation sites (tertiary alicyclic amines) is 1. The standard InChI is InChI=1S/C23H25FN4O5/c1-15(29)25-13-20-14-28(23(31)33-20)18-5-6-21(26-12-18)32-19-7-9-27(10-8-19)22(30)16-3-2-4-17(24)11-16/h2-6,11-12,19-20H,7-10,13-14H2,1H3,(H,25,29)/t20-/m0/s1. The molecule has 0 saturated carbocycles. The first kappa shape index (κ1) is 22.5. The van der Waals surface area contributed by atoms with Crippen molar-refractivity contribution >= 4 is 23.6 Å². The van der Waals surface area contributed by atoms with Crippen LogP contribution in [0.2, 0.25) is 0 Å². The van der Waals surface area contributed by atoms with E-state index in [9.17, 15) is 18.8 Å². The van der Waals surface area contributed by atoms with Crippen molar-refractivity contribution in [3.8, 4) is 5.88 Å². The molecule has 9 nitrogen and oxygen atoms in total. The number of cyclic esters (lactones) is 1. The minimum Gasteiger partial charge on any atom is -0.474 e. The van der Waals surface area contributed by atoms with Crippen molar-refractivity contribution in [2.45, 2.75) is 32.0 Å². The Bertz CT molecular complexity index is 1020. The van der Waals surface area contributed by atoms with Gasteiger partial charge in [-0.05, 0) is 24.3 Å². The molecule has 3 heterocycles. The molecule has 174 valence electrons. The van der Waals surface area contributed by atoms with Crippen LogP contribution in [0.15, 0.2) is 42.6 Å². The van der Waals surface area contributed by atoms with Crippen molar-refractivity contribution in [2.24, 2.45) is 0 Å². The van der Waals surface area contributed by atoms with Crippen molar-refractivity contribution in [3.05, 3.63) is 54.0 Å². The number of pyridine rings is 1. The lowest BCUT2D eigenvalue weighted by atomic mass is 10.1. The number of carbonyl (C=O) groups is 3. The summed E-state index contributed by atoms with van der Waals surface area (Å²) in [5, 5.41) is 2.64. The molecule has 2 aliphatic heterocycles. The zero-order valence-corrected chi connectivity index (χ0v) is 18.2. The molecule has 1 aromatic carbocycles. The van der Waals surface area contributed by atoms with Gasteiger partial charge in [-0.2, -0.15) is 0 Å². The summed E-state index contributed by atoms with van der Waals surface area (Å²) in [4.78, 5) is 43.2. The molecule has 4 rings (SSSR count). The van der Waals surface area contributed by atoms with Gasteiger partial charge in [0.25, 0.3) is 5.91 Å². The van der Waals surface area contributed by atoms with Crippen LogP contribution < -0.4 is 15.0 Å². The zero-order chi connectivity index (χ0) is 23.4. The number of hydrogen-bond donors (Lipinski definition) is 1. The SMILES string of the molecule is CC(=O)NC[C@H]1CN(c2ccc(OC3CCN(C(=O)c4cccc(F)c4)CC3)nc2)C(=O)O1. The lowest BCUT2D eigenvalue weighted by Gasteiger charge is -2.32. The summed E-state index contributed by atoms with van der Waals surface area (Å²) >= 11 is 0. The number of piperidine rings is 1. The van der Waals surface area contributed by atoms with Crippen LogP contribution >= 0.6 is 0 Å². The van der Waals surface area contributed by atoms with E-state index in [-0.39, 0.29) is 24.5 Å². The minimum absolute atomic E-state index is 0.0984. The Labute approximate surface area is 190 Å². The van der Waals surface area contributed by atoms with E-state index in [1.807, 2.05) is 0 Å². The number of nitrogens with zero attached hydrogens (tertiary/aromatic N) is 3. The van der Waals surface area contributed by atoms with Crippen LogP contribution in [0.5, 0.6) is 5.88 Å². The molecule has 10 heteroatoms. The molecule has 0 aliphatic carbocycles. The van der Waals surface area contributed by atoms with E-state index < -0.39 is 18.0 Å². The van der Waals surface area contributed by atoms with Gasteiger partial charge in [-0.15, -0.1) is 0 Å². The first-order valence-electron chi connectivity index (χ1n) is 10.8. The molecular formula is C23H25FN4O5. The molecule has 2 fully saturated rings. The quantitative estimate of drug-likeness (QED) is 0.716. The summed E-state index contributed by atoms with van der Waals surface area (Å²) in [6.45, 7) is 3.00. The first-order chi connectivity index (χ1) is 15.9. The van der Waals surface area contributed by atoms with Gasteiger partial charge in [0.05, 0.1) is 25.0 Å². The molecule has 2 aliphatic rings. The zero-order valence-electron chi connectivity index (χ0n) is 18.2. The van der Waals surface area contributed by atoms with Crippen LogP contribution in [-0.2, 0) is 9.53 Å². The van der Waals surface area contributed by atoms with E-state index in [0.717, 1.165) is 0 Å². The smallest absolute Gasteiger partial charge is 0.414 e. The Balaban J connectivity index is 1.27. The third-order valence-electron chi connectivity index (χ3n) is 5.57. The predicted octanol–water partition coefficient (Wildman–Crippen LogP) is 2.37. The summed E-state index contributed by atoms with van der Waals surface area (Å²) in [6.07, 6.45) is 1.80. The highest BCUT2D eigenvalue weighted by atomic mass is 19.1. The number of carbonyl (C=O) groups excluding carboxylic acids is 3. The van der Waals surface area contributed by atoms with Gasteiger partial charge in [0.2, 0.25) is 11.8 Å². The van der Waals surface area contributed by atoms with Crippen LogP contribution in [-0.4, -0.2) is 66.2 Å². The number of anilines is 1. The second-order valence-corrected chi connectivity index (χ2v) is 8.03. The molecule has 3 amide bonds. The second kappa shape index (κ2) is 9.85. The number of benzene rings is 1. The first-order valence-corrected chi connectivity index (χ1v) is 10.8. The summed E-state index contributed by atoms with van der Waals surface area (Å²) in [5.74, 6) is -0.378. The Hall–Kier alpha value is -3.69. The minimum atomic E-state index is -0.490. The summed E-state index contributed by atoms with van der Waals surface area (Å²) in [5.41, 5.74) is 0.916. The third-order valence-corrected chi connectivity index (χ3v) is 5.57. The molecule has 33 heavy (non-hydrogen) atoms. The van der Waals surface area contributed by atoms with Gasteiger partial charge in [-0.1, -0.05) is 6.07 Å². The normalized spacial score (nSPS) is 18.7. The number of ether oxygens (including phenoxy) is 2. The summed E-state index contributed by atoms with van der Waals surface area (Å²) in [7, 11) is 0. The van der Waals surface area contributed by atoms with Gasteiger partial charge in [0, 0.05) is 44.5 Å². The Morgan fingerprint density at radius 1 is 1.24 bits per heavy atom. The van der Waals surface area contributed by atoms with E-state index in [4.69, 9.17) is 9.47 Å². The fourth-order valence-corrected chi connectivity index (χ4v) is 3.85. The number of nitrogens with one attached hydrogen (secondary N) is 1. The van der Waals surface area contributed by atoms with Crippen molar-refractivity contribution < 1.29 is 28.2 Å². The summed E-state index contributed by atoms with van der Waals surface area (Å²) in [6, 6.07) is 9.11. The van der Waals surface area contributed by atoms with Gasteiger partial charge in [-0.3, -0.25) is 14.5 Å². The Kier molecular flexibility index (Phi) is 6.71. The van der Waals surface area contributed by atoms with Crippen LogP contribution in [0.25, 0.3) is 0 Å². The molecule has 0 bridgehead atoms. The van der Waals surface area contributed by atoms with Gasteiger partial charge in [0.1, 0.15) is 18.0 Å². The number of rotatable bonds is 6. The van der Waals surface area contributed by atoms with Crippen LogP contribution in [0.3, 0.4) is 0 Å². The van der Waals surface area contributed by atoms with E-state index in [2.05, 4.69) is 10.3 Å². The number of halogens is 1. The number of aromatic nitrogens is 1. The Morgan fingerprint density at radius 3 is 2.70 bits per heavy atom. The van der Waals surface area contributed by atoms with Gasteiger partial charge >= 0.3 is 6.09 Å². The van der Waals surface area contributed by atoms with Crippen molar-refractivity contribution in [1.82, 2.24) is 15.2 Å². The Morgan fingerprint density at radius 2 is 2.03 bits per heavy atom. The molecule has 0 spiro atoms. The second-order valence-electron chi connectivity index (χ2n) is 8.03. The van der Waals surface area contributed by atoms with Crippen molar-refractivity contribution in [3.63, 3.8) is 0 Å². The maximum absolute atomic E-state index is 13.4. The molecule has 2 saturated heterocycles. The highest BCUT2D eigenvalue weighted by molar-refractivity contribution is 5.94. The number of amides is 3. The fourth-order valence-electron chi connectivity index (χ4n) is 3.85. The highest BCUT2D eigenvalue weighted by Gasteiger charge is 2.32. The van der Waals surface area contributed by atoms with Crippen molar-refractivity contribution in [2.75, 3.05) is 31.1 Å². The van der Waals surface area contributed by atoms with E-state index in [1.54, 1.807) is 29.3 Å². The molecule has 1 aromatic heterocycles. The average molecular weight is 456 g/mol. The fraction of sp³-hybridized carbons (Fsp3) is 0.391. The van der Waals surface area contributed by atoms with Crippen LogP contribution in [0.1, 0.15) is 30.1 Å². The molecular weight excluding hydrogens is 431 g/mol. The average Bonchev–Trinajstić information content (AvgIpc) is 3.19. The van der Waals surface area contributed by atoms with Gasteiger partial charge in [-0.25, -0.2) is 14.2 Å². The molecule has 1 atom stereocenters. The van der Waals surface area contributed by atoms with Gasteiger partial charge < -0.3 is 19.7 Å². The maximum Gasteiger partial charge on any atom is 0.414 e. The van der Waals surface area contributed by atoms with Crippen LogP contribution in [0.4, 0.5) is 14.9 Å².